The van der Waals surface area contributed by atoms with Crippen LogP contribution in [0.5, 0.6) is 12.0 Å². The topological polar surface area (TPSA) is 95.2 Å². The molecule has 0 aliphatic heterocycles. The molecule has 0 amide bonds. The van der Waals surface area contributed by atoms with Crippen molar-refractivity contribution >= 4 is 5.95 Å². The fraction of sp³-hybridized carbons (Fsp3) is 0.750. The average molecular weight is 267 g/mol. The summed E-state index contributed by atoms with van der Waals surface area (Å²) in [4.78, 5) is 12.2. The molecule has 1 aromatic rings. The number of nitrogens with one attached hydrogen (secondary N) is 1. The molecule has 106 valence electrons. The van der Waals surface area contributed by atoms with E-state index >= 15 is 0 Å². The molecule has 0 aromatic carbocycles. The highest BCUT2D eigenvalue weighted by molar-refractivity contribution is 5.25. The number of nitrogens with zero attached hydrogens (tertiary/aromatic N) is 3. The van der Waals surface area contributed by atoms with E-state index in [2.05, 4.69) is 27.3 Å². The molecular formula is C12H21N5O2. The Hall–Kier alpha value is -1.63. The number of aromatic nitrogens is 3. The molecule has 0 spiro atoms. The summed E-state index contributed by atoms with van der Waals surface area (Å²) in [6.45, 7) is 4.58. The predicted molar refractivity (Wildman–Crippen MR) is 70.9 cm³/mol. The van der Waals surface area contributed by atoms with Crippen molar-refractivity contribution in [3.05, 3.63) is 0 Å². The van der Waals surface area contributed by atoms with E-state index in [1.54, 1.807) is 0 Å². The molecule has 0 saturated heterocycles. The van der Waals surface area contributed by atoms with E-state index < -0.39 is 0 Å². The maximum absolute atomic E-state index is 5.82. The fourth-order valence-electron chi connectivity index (χ4n) is 2.28. The first-order chi connectivity index (χ1) is 9.21. The van der Waals surface area contributed by atoms with Gasteiger partial charge in [-0.25, -0.2) is 5.84 Å². The Morgan fingerprint density at radius 2 is 2.05 bits per heavy atom. The number of ether oxygens (including phenoxy) is 2. The highest BCUT2D eigenvalue weighted by atomic mass is 16.5. The minimum absolute atomic E-state index is 0.159. The highest BCUT2D eigenvalue weighted by Crippen LogP contribution is 2.26. The number of nitrogen functional groups attached to an aromatic ring is 1. The Morgan fingerprint density at radius 3 is 2.74 bits per heavy atom. The lowest BCUT2D eigenvalue weighted by atomic mass is 9.89. The van der Waals surface area contributed by atoms with E-state index in [0.717, 1.165) is 12.8 Å². The zero-order valence-corrected chi connectivity index (χ0v) is 11.4. The van der Waals surface area contributed by atoms with Gasteiger partial charge in [0.1, 0.15) is 6.10 Å². The molecule has 1 heterocycles. The Morgan fingerprint density at radius 1 is 1.26 bits per heavy atom. The third kappa shape index (κ3) is 3.92. The van der Waals surface area contributed by atoms with Gasteiger partial charge in [-0.1, -0.05) is 13.3 Å². The van der Waals surface area contributed by atoms with E-state index in [4.69, 9.17) is 15.3 Å². The van der Waals surface area contributed by atoms with Gasteiger partial charge in [-0.2, -0.15) is 9.97 Å². The lowest BCUT2D eigenvalue weighted by Crippen LogP contribution is -2.25. The SMILES string of the molecule is CCOc1nc(NN)nc(OC2CCCC(C)C2)n1. The summed E-state index contributed by atoms with van der Waals surface area (Å²) in [5, 5.41) is 0. The van der Waals surface area contributed by atoms with Gasteiger partial charge in [-0.3, -0.25) is 5.43 Å². The van der Waals surface area contributed by atoms with E-state index in [1.807, 2.05) is 6.92 Å². The first-order valence-corrected chi connectivity index (χ1v) is 6.73. The summed E-state index contributed by atoms with van der Waals surface area (Å²) in [5.41, 5.74) is 2.39. The maximum Gasteiger partial charge on any atom is 0.324 e. The number of hydrogen-bond acceptors (Lipinski definition) is 7. The van der Waals surface area contributed by atoms with Crippen molar-refractivity contribution in [2.24, 2.45) is 11.8 Å². The van der Waals surface area contributed by atoms with Crippen molar-refractivity contribution in [2.75, 3.05) is 12.0 Å². The second-order valence-corrected chi connectivity index (χ2v) is 4.81. The predicted octanol–water partition coefficient (Wildman–Crippen LogP) is 1.51. The third-order valence-corrected chi connectivity index (χ3v) is 3.16. The second-order valence-electron chi connectivity index (χ2n) is 4.81. The second kappa shape index (κ2) is 6.51. The maximum atomic E-state index is 5.82. The normalized spacial score (nSPS) is 22.9. The van der Waals surface area contributed by atoms with Gasteiger partial charge in [-0.15, -0.1) is 4.98 Å². The summed E-state index contributed by atoms with van der Waals surface area (Å²) in [7, 11) is 0. The number of hydrazine groups is 1. The molecule has 1 fully saturated rings. The van der Waals surface area contributed by atoms with E-state index in [9.17, 15) is 0 Å². The number of nitrogens with two attached hydrogens (primary N) is 1. The standard InChI is InChI=1S/C12H21N5O2/c1-3-18-11-14-10(17-13)15-12(16-11)19-9-6-4-5-8(2)7-9/h8-9H,3-7,13H2,1-2H3,(H,14,15,16,17). The lowest BCUT2D eigenvalue weighted by molar-refractivity contribution is 0.116. The van der Waals surface area contributed by atoms with Crippen LogP contribution in [-0.4, -0.2) is 27.7 Å². The summed E-state index contributed by atoms with van der Waals surface area (Å²) in [5.74, 6) is 6.25. The molecule has 2 atom stereocenters. The van der Waals surface area contributed by atoms with Gasteiger partial charge in [0, 0.05) is 0 Å². The lowest BCUT2D eigenvalue weighted by Gasteiger charge is -2.26. The molecule has 7 nitrogen and oxygen atoms in total. The van der Waals surface area contributed by atoms with Crippen molar-refractivity contribution in [3.63, 3.8) is 0 Å². The Kier molecular flexibility index (Phi) is 4.73. The van der Waals surface area contributed by atoms with Gasteiger partial charge in [0.2, 0.25) is 5.95 Å². The van der Waals surface area contributed by atoms with Crippen LogP contribution in [0.1, 0.15) is 39.5 Å². The molecule has 2 rings (SSSR count). The smallest absolute Gasteiger partial charge is 0.324 e. The fourth-order valence-corrected chi connectivity index (χ4v) is 2.28. The summed E-state index contributed by atoms with van der Waals surface area (Å²) in [6, 6.07) is 0.495. The molecule has 0 bridgehead atoms. The first-order valence-electron chi connectivity index (χ1n) is 6.73. The van der Waals surface area contributed by atoms with Crippen LogP contribution in [0.15, 0.2) is 0 Å². The van der Waals surface area contributed by atoms with Crippen molar-refractivity contribution in [1.82, 2.24) is 15.0 Å². The quantitative estimate of drug-likeness (QED) is 0.616. The number of hydrogen-bond donors (Lipinski definition) is 2. The van der Waals surface area contributed by atoms with Crippen LogP contribution in [0.2, 0.25) is 0 Å². The molecule has 2 unspecified atom stereocenters. The summed E-state index contributed by atoms with van der Waals surface area (Å²) in [6.07, 6.45) is 4.66. The molecule has 1 aliphatic rings. The van der Waals surface area contributed by atoms with Gasteiger partial charge < -0.3 is 9.47 Å². The number of anilines is 1. The minimum Gasteiger partial charge on any atom is -0.464 e. The summed E-state index contributed by atoms with van der Waals surface area (Å²) < 4.78 is 11.1. The molecule has 0 radical (unpaired) electrons. The zero-order chi connectivity index (χ0) is 13.7. The first kappa shape index (κ1) is 13.8. The summed E-state index contributed by atoms with van der Waals surface area (Å²) >= 11 is 0. The largest absolute Gasteiger partial charge is 0.464 e. The molecule has 19 heavy (non-hydrogen) atoms. The zero-order valence-electron chi connectivity index (χ0n) is 11.4. The van der Waals surface area contributed by atoms with Crippen molar-refractivity contribution < 1.29 is 9.47 Å². The van der Waals surface area contributed by atoms with Crippen molar-refractivity contribution in [1.29, 1.82) is 0 Å². The number of rotatable bonds is 5. The molecular weight excluding hydrogens is 246 g/mol. The average Bonchev–Trinajstić information content (AvgIpc) is 2.39. The van der Waals surface area contributed by atoms with Crippen LogP contribution in [-0.2, 0) is 0 Å². The highest BCUT2D eigenvalue weighted by Gasteiger charge is 2.21. The minimum atomic E-state index is 0.159. The van der Waals surface area contributed by atoms with Gasteiger partial charge in [0.05, 0.1) is 6.61 Å². The van der Waals surface area contributed by atoms with Crippen molar-refractivity contribution in [3.8, 4) is 12.0 Å². The van der Waals surface area contributed by atoms with Crippen LogP contribution in [0.4, 0.5) is 5.95 Å². The Bertz CT molecular complexity index is 415. The molecule has 7 heteroatoms. The van der Waals surface area contributed by atoms with E-state index in [0.29, 0.717) is 12.5 Å². The van der Waals surface area contributed by atoms with Crippen molar-refractivity contribution in [2.45, 2.75) is 45.6 Å². The Labute approximate surface area is 112 Å². The van der Waals surface area contributed by atoms with Gasteiger partial charge >= 0.3 is 12.0 Å². The molecule has 1 aliphatic carbocycles. The molecule has 1 aromatic heterocycles. The monoisotopic (exact) mass is 267 g/mol. The Balaban J connectivity index is 2.07. The van der Waals surface area contributed by atoms with Crippen LogP contribution in [0.25, 0.3) is 0 Å². The van der Waals surface area contributed by atoms with E-state index in [1.165, 1.54) is 12.8 Å². The van der Waals surface area contributed by atoms with Crippen LogP contribution in [0.3, 0.4) is 0 Å². The third-order valence-electron chi connectivity index (χ3n) is 3.16. The molecule has 1 saturated carbocycles. The van der Waals surface area contributed by atoms with Gasteiger partial charge in [0.25, 0.3) is 0 Å². The van der Waals surface area contributed by atoms with Gasteiger partial charge in [-0.05, 0) is 32.1 Å². The van der Waals surface area contributed by atoms with Crippen LogP contribution >= 0.6 is 0 Å². The van der Waals surface area contributed by atoms with Gasteiger partial charge in [0.15, 0.2) is 0 Å². The van der Waals surface area contributed by atoms with Crippen LogP contribution < -0.4 is 20.7 Å². The van der Waals surface area contributed by atoms with E-state index in [-0.39, 0.29) is 24.1 Å². The molecule has 3 N–H and O–H groups in total. The van der Waals surface area contributed by atoms with Crippen LogP contribution in [0, 0.1) is 5.92 Å².